The quantitative estimate of drug-likeness (QED) is 0.176. The molecule has 0 unspecified atom stereocenters. The van der Waals surface area contributed by atoms with Crippen LogP contribution < -0.4 is 4.90 Å². The zero-order valence-corrected chi connectivity index (χ0v) is 35.3. The van der Waals surface area contributed by atoms with Crippen LogP contribution in [0.5, 0.6) is 0 Å². The lowest BCUT2D eigenvalue weighted by Gasteiger charge is -2.33. The second-order valence-electron chi connectivity index (χ2n) is 18.1. The highest BCUT2D eigenvalue weighted by Gasteiger charge is 2.53. The summed E-state index contributed by atoms with van der Waals surface area (Å²) in [6, 6.07) is 70.2. The Morgan fingerprint density at radius 2 is 0.903 bits per heavy atom. The molecule has 2 nitrogen and oxygen atoms in total. The first kappa shape index (κ1) is 35.3. The van der Waals surface area contributed by atoms with Crippen LogP contribution in [0.3, 0.4) is 0 Å². The van der Waals surface area contributed by atoms with Crippen LogP contribution >= 0.6 is 0 Å². The summed E-state index contributed by atoms with van der Waals surface area (Å²) in [7, 11) is 0. The number of para-hydroxylation sites is 1. The maximum Gasteiger partial charge on any atom is 0.160 e. The third-order valence-corrected chi connectivity index (χ3v) is 14.6. The van der Waals surface area contributed by atoms with Gasteiger partial charge in [-0.3, -0.25) is 0 Å². The van der Waals surface area contributed by atoms with E-state index in [9.17, 15) is 0 Å². The highest BCUT2D eigenvalue weighted by Crippen LogP contribution is 2.65. The summed E-state index contributed by atoms with van der Waals surface area (Å²) in [5, 5.41) is 2.29. The lowest BCUT2D eigenvalue weighted by Crippen LogP contribution is -2.26. The molecule has 62 heavy (non-hydrogen) atoms. The van der Waals surface area contributed by atoms with Gasteiger partial charge in [-0.15, -0.1) is 0 Å². The Kier molecular flexibility index (Phi) is 7.16. The summed E-state index contributed by atoms with van der Waals surface area (Å²) in [5.41, 5.74) is 25.0. The molecule has 2 heteroatoms. The van der Waals surface area contributed by atoms with Crippen molar-refractivity contribution < 1.29 is 4.42 Å². The van der Waals surface area contributed by atoms with E-state index in [2.05, 4.69) is 221 Å². The van der Waals surface area contributed by atoms with Crippen LogP contribution in [-0.4, -0.2) is 0 Å². The fourth-order valence-electron chi connectivity index (χ4n) is 11.8. The zero-order valence-electron chi connectivity index (χ0n) is 35.3. The van der Waals surface area contributed by atoms with E-state index in [1.807, 2.05) is 0 Å². The standard InChI is InChI=1S/C60H43NO/c1-36-17-5-6-18-40(36)41-31-29-38(33-37(41)2)61(39-30-32-45-42-19-7-12-24-48(42)59(3,4)52(45)34-39)54-35-53-56(57-47-23-11-16-28-55(47)62-58(54)57)46-22-10-15-27-51(46)60(53)49-25-13-8-20-43(49)44-21-9-14-26-50(44)60/h5-35H,1-4H3. The van der Waals surface area contributed by atoms with Gasteiger partial charge in [-0.1, -0.05) is 166 Å². The minimum atomic E-state index is -0.529. The Morgan fingerprint density at radius 1 is 0.403 bits per heavy atom. The number of nitrogens with zero attached hydrogens (tertiary/aromatic N) is 1. The van der Waals surface area contributed by atoms with Gasteiger partial charge < -0.3 is 9.32 Å². The number of hydrogen-bond acceptors (Lipinski definition) is 2. The van der Waals surface area contributed by atoms with Gasteiger partial charge in [0.15, 0.2) is 5.58 Å². The van der Waals surface area contributed by atoms with E-state index >= 15 is 0 Å². The van der Waals surface area contributed by atoms with Gasteiger partial charge in [-0.05, 0) is 139 Å². The van der Waals surface area contributed by atoms with Gasteiger partial charge >= 0.3 is 0 Å². The van der Waals surface area contributed by atoms with E-state index in [1.165, 1.54) is 89.0 Å². The molecule has 0 aliphatic heterocycles. The Hall–Kier alpha value is -7.42. The van der Waals surface area contributed by atoms with Crippen molar-refractivity contribution in [1.82, 2.24) is 0 Å². The molecule has 0 amide bonds. The summed E-state index contributed by atoms with van der Waals surface area (Å²) >= 11 is 0. The number of anilines is 3. The second-order valence-corrected chi connectivity index (χ2v) is 18.1. The molecule has 0 fully saturated rings. The van der Waals surface area contributed by atoms with E-state index in [4.69, 9.17) is 4.42 Å². The van der Waals surface area contributed by atoms with E-state index < -0.39 is 5.41 Å². The summed E-state index contributed by atoms with van der Waals surface area (Å²) in [5.74, 6) is 0. The van der Waals surface area contributed by atoms with Gasteiger partial charge in [0.05, 0.1) is 11.1 Å². The molecule has 0 bridgehead atoms. The summed E-state index contributed by atoms with van der Waals surface area (Å²) in [6.45, 7) is 9.20. The molecule has 9 aromatic carbocycles. The van der Waals surface area contributed by atoms with Crippen molar-refractivity contribution in [2.45, 2.75) is 38.5 Å². The third kappa shape index (κ3) is 4.49. The molecule has 0 radical (unpaired) electrons. The second kappa shape index (κ2) is 12.6. The highest BCUT2D eigenvalue weighted by atomic mass is 16.3. The fourth-order valence-corrected chi connectivity index (χ4v) is 11.8. The van der Waals surface area contributed by atoms with Crippen LogP contribution in [0, 0.1) is 13.8 Å². The maximum absolute atomic E-state index is 7.22. The van der Waals surface area contributed by atoms with Gasteiger partial charge in [0.25, 0.3) is 0 Å². The SMILES string of the molecule is Cc1ccccc1-c1ccc(N(c2ccc3c(c2)C(C)(C)c2ccccc2-3)c2cc3c(c4c2oc2ccccc24)-c2ccccc2C32c3ccccc3-c3ccccc32)cc1C. The highest BCUT2D eigenvalue weighted by molar-refractivity contribution is 6.20. The predicted octanol–water partition coefficient (Wildman–Crippen LogP) is 16.0. The average molecular weight is 794 g/mol. The molecule has 0 atom stereocenters. The Bertz CT molecular complexity index is 3500. The first-order chi connectivity index (χ1) is 30.4. The molecule has 3 aliphatic carbocycles. The maximum atomic E-state index is 7.22. The van der Waals surface area contributed by atoms with Crippen LogP contribution in [0.4, 0.5) is 17.1 Å². The smallest absolute Gasteiger partial charge is 0.160 e. The van der Waals surface area contributed by atoms with Crippen LogP contribution in [0.1, 0.15) is 58.4 Å². The fraction of sp³-hybridized carbons (Fsp3) is 0.100. The Labute approximate surface area is 362 Å². The molecule has 1 spiro atoms. The minimum Gasteiger partial charge on any atom is -0.454 e. The molecule has 0 N–H and O–H groups in total. The molecule has 0 saturated heterocycles. The van der Waals surface area contributed by atoms with Gasteiger partial charge in [0.1, 0.15) is 5.58 Å². The van der Waals surface area contributed by atoms with Crippen LogP contribution in [-0.2, 0) is 10.8 Å². The van der Waals surface area contributed by atoms with Gasteiger partial charge in [0, 0.05) is 27.6 Å². The van der Waals surface area contributed by atoms with E-state index in [0.29, 0.717) is 0 Å². The number of fused-ring (bicyclic) bond motifs is 17. The van der Waals surface area contributed by atoms with Crippen molar-refractivity contribution in [3.8, 4) is 44.5 Å². The monoisotopic (exact) mass is 793 g/mol. The summed E-state index contributed by atoms with van der Waals surface area (Å²) in [4.78, 5) is 2.49. The van der Waals surface area contributed by atoms with E-state index in [1.54, 1.807) is 0 Å². The molecule has 294 valence electrons. The largest absolute Gasteiger partial charge is 0.454 e. The summed E-state index contributed by atoms with van der Waals surface area (Å²) in [6.07, 6.45) is 0. The van der Waals surface area contributed by atoms with Gasteiger partial charge in [-0.2, -0.15) is 0 Å². The van der Waals surface area contributed by atoms with E-state index in [0.717, 1.165) is 39.0 Å². The molecule has 3 aliphatic rings. The van der Waals surface area contributed by atoms with Gasteiger partial charge in [-0.25, -0.2) is 0 Å². The number of rotatable bonds is 4. The number of furan rings is 1. The number of aryl methyl sites for hydroxylation is 2. The van der Waals surface area contributed by atoms with E-state index in [-0.39, 0.29) is 5.41 Å². The molecule has 1 aromatic heterocycles. The molecular weight excluding hydrogens is 751 g/mol. The van der Waals surface area contributed by atoms with Crippen LogP contribution in [0.2, 0.25) is 0 Å². The Morgan fingerprint density at radius 3 is 1.58 bits per heavy atom. The molecular formula is C60H43NO. The first-order valence-corrected chi connectivity index (χ1v) is 21.8. The molecule has 1 heterocycles. The lowest BCUT2D eigenvalue weighted by atomic mass is 9.70. The average Bonchev–Trinajstić information content (AvgIpc) is 3.99. The third-order valence-electron chi connectivity index (χ3n) is 14.6. The van der Waals surface area contributed by atoms with Crippen molar-refractivity contribution in [2.24, 2.45) is 0 Å². The topological polar surface area (TPSA) is 16.4 Å². The number of hydrogen-bond donors (Lipinski definition) is 0. The lowest BCUT2D eigenvalue weighted by molar-refractivity contribution is 0.660. The predicted molar refractivity (Wildman–Crippen MR) is 257 cm³/mol. The molecule has 10 aromatic rings. The Balaban J connectivity index is 1.16. The van der Waals surface area contributed by atoms with Gasteiger partial charge in [0.2, 0.25) is 0 Å². The van der Waals surface area contributed by atoms with Crippen LogP contribution in [0.15, 0.2) is 192 Å². The van der Waals surface area contributed by atoms with Crippen molar-refractivity contribution in [3.63, 3.8) is 0 Å². The minimum absolute atomic E-state index is 0.173. The summed E-state index contributed by atoms with van der Waals surface area (Å²) < 4.78 is 7.22. The van der Waals surface area contributed by atoms with Crippen LogP contribution in [0.25, 0.3) is 66.4 Å². The van der Waals surface area contributed by atoms with Crippen molar-refractivity contribution in [3.05, 3.63) is 233 Å². The molecule has 0 saturated carbocycles. The van der Waals surface area contributed by atoms with Crippen molar-refractivity contribution >= 4 is 39.0 Å². The van der Waals surface area contributed by atoms with Crippen molar-refractivity contribution in [2.75, 3.05) is 4.90 Å². The normalized spacial score (nSPS) is 14.4. The first-order valence-electron chi connectivity index (χ1n) is 21.8. The number of benzene rings is 9. The zero-order chi connectivity index (χ0) is 41.5. The van der Waals surface area contributed by atoms with Crippen molar-refractivity contribution in [1.29, 1.82) is 0 Å². The molecule has 13 rings (SSSR count).